The molecule has 6 rings (SSSR count). The summed E-state index contributed by atoms with van der Waals surface area (Å²) < 4.78 is 17.3. The number of rotatable bonds is 4. The molecule has 37 heavy (non-hydrogen) atoms. The standard InChI is InChI=1S/C30H40O7/c1-15-12-23(36-27(34)19(15)14-35-17(3)31)16(2)20-6-7-21-18-13-26-30(37-26)25(33)9-8-24(32)29(30,5)22(18)10-11-28(20,21)4/h8-9,16,18,20-23,25-26,33H,6-7,10-14H2,1-5H3/t16-,18?,20+,21-,22-,23+,25-,26+,28+,29-,30+/m0/s1. The van der Waals surface area contributed by atoms with Crippen LogP contribution in [0.25, 0.3) is 0 Å². The predicted octanol–water partition coefficient (Wildman–Crippen LogP) is 3.92. The van der Waals surface area contributed by atoms with Crippen LogP contribution in [-0.4, -0.2) is 53.3 Å². The third kappa shape index (κ3) is 3.28. The Morgan fingerprint density at radius 3 is 2.68 bits per heavy atom. The SMILES string of the molecule is CC(=O)OCC1=C(C)C[C@H]([C@@H](C)[C@H]2CC[C@H]3C4C[C@H]5O[C@]56[C@@H](O)C=CC(=O)[C@]6(C)[C@H]4CC[C@]23C)OC1=O. The molecule has 6 aliphatic rings. The first-order chi connectivity index (χ1) is 17.4. The van der Waals surface area contributed by atoms with Crippen molar-refractivity contribution in [1.29, 1.82) is 0 Å². The summed E-state index contributed by atoms with van der Waals surface area (Å²) in [6, 6.07) is 0. The number of epoxide rings is 1. The molecule has 1 unspecified atom stereocenters. The Balaban J connectivity index is 1.22. The van der Waals surface area contributed by atoms with E-state index in [4.69, 9.17) is 14.2 Å². The van der Waals surface area contributed by atoms with Crippen molar-refractivity contribution in [1.82, 2.24) is 0 Å². The van der Waals surface area contributed by atoms with Crippen molar-refractivity contribution in [3.63, 3.8) is 0 Å². The van der Waals surface area contributed by atoms with E-state index in [1.165, 1.54) is 6.92 Å². The molecule has 0 aromatic carbocycles. The molecule has 0 aromatic rings. The van der Waals surface area contributed by atoms with Crippen molar-refractivity contribution in [2.24, 2.45) is 40.4 Å². The van der Waals surface area contributed by atoms with E-state index in [2.05, 4.69) is 20.8 Å². The van der Waals surface area contributed by atoms with E-state index in [9.17, 15) is 19.5 Å². The van der Waals surface area contributed by atoms with Gasteiger partial charge in [0.2, 0.25) is 0 Å². The maximum Gasteiger partial charge on any atom is 0.337 e. The molecule has 0 radical (unpaired) electrons. The second-order valence-corrected chi connectivity index (χ2v) is 13.2. The fourth-order valence-electron chi connectivity index (χ4n) is 9.85. The van der Waals surface area contributed by atoms with E-state index < -0.39 is 23.1 Å². The highest BCUT2D eigenvalue weighted by Crippen LogP contribution is 2.73. The second kappa shape index (κ2) is 8.25. The van der Waals surface area contributed by atoms with Gasteiger partial charge in [-0.2, -0.15) is 0 Å². The summed E-state index contributed by atoms with van der Waals surface area (Å²) in [7, 11) is 0. The van der Waals surface area contributed by atoms with Gasteiger partial charge in [0.05, 0.1) is 17.1 Å². The third-order valence-corrected chi connectivity index (χ3v) is 11.9. The van der Waals surface area contributed by atoms with Gasteiger partial charge >= 0.3 is 11.9 Å². The number of carbonyl (C=O) groups is 3. The molecule has 4 fully saturated rings. The molecule has 11 atom stereocenters. The second-order valence-electron chi connectivity index (χ2n) is 13.2. The minimum atomic E-state index is -0.733. The molecule has 0 aromatic heterocycles. The van der Waals surface area contributed by atoms with Gasteiger partial charge in [0.1, 0.15) is 24.4 Å². The van der Waals surface area contributed by atoms with Gasteiger partial charge < -0.3 is 19.3 Å². The van der Waals surface area contributed by atoms with Crippen LogP contribution in [0.1, 0.15) is 73.1 Å². The maximum absolute atomic E-state index is 13.3. The van der Waals surface area contributed by atoms with Gasteiger partial charge in [-0.05, 0) is 93.1 Å². The van der Waals surface area contributed by atoms with Gasteiger partial charge in [-0.25, -0.2) is 4.79 Å². The monoisotopic (exact) mass is 512 g/mol. The highest BCUT2D eigenvalue weighted by atomic mass is 16.6. The smallest absolute Gasteiger partial charge is 0.337 e. The van der Waals surface area contributed by atoms with Gasteiger partial charge in [0.25, 0.3) is 0 Å². The van der Waals surface area contributed by atoms with E-state index in [1.807, 2.05) is 6.92 Å². The number of fused-ring (bicyclic) bond motifs is 4. The Kier molecular flexibility index (Phi) is 5.64. The third-order valence-electron chi connectivity index (χ3n) is 11.9. The highest BCUT2D eigenvalue weighted by molar-refractivity contribution is 5.98. The topological polar surface area (TPSA) is 102 Å². The minimum absolute atomic E-state index is 0.0283. The molecule has 2 heterocycles. The number of hydrogen-bond donors (Lipinski definition) is 1. The van der Waals surface area contributed by atoms with E-state index in [-0.39, 0.29) is 47.8 Å². The number of ether oxygens (including phenoxy) is 3. The number of allylic oxidation sites excluding steroid dienone is 1. The van der Waals surface area contributed by atoms with Crippen LogP contribution in [0.2, 0.25) is 0 Å². The predicted molar refractivity (Wildman–Crippen MR) is 134 cm³/mol. The normalized spacial score (nSPS) is 48.9. The highest BCUT2D eigenvalue weighted by Gasteiger charge is 2.80. The van der Waals surface area contributed by atoms with Crippen molar-refractivity contribution < 1.29 is 33.7 Å². The number of carbonyl (C=O) groups excluding carboxylic acids is 3. The maximum atomic E-state index is 13.3. The average Bonchev–Trinajstić information content (AvgIpc) is 3.47. The van der Waals surface area contributed by atoms with Crippen LogP contribution in [0.4, 0.5) is 0 Å². The molecule has 1 N–H and O–H groups in total. The molecule has 3 saturated carbocycles. The van der Waals surface area contributed by atoms with Crippen LogP contribution in [-0.2, 0) is 28.6 Å². The summed E-state index contributed by atoms with van der Waals surface area (Å²) in [5, 5.41) is 10.9. The van der Waals surface area contributed by atoms with Crippen LogP contribution in [0.3, 0.4) is 0 Å². The minimum Gasteiger partial charge on any atom is -0.461 e. The Hall–Kier alpha value is -1.99. The molecule has 7 nitrogen and oxygen atoms in total. The molecule has 4 aliphatic carbocycles. The lowest BCUT2D eigenvalue weighted by Gasteiger charge is -2.58. The van der Waals surface area contributed by atoms with Crippen LogP contribution in [0.5, 0.6) is 0 Å². The largest absolute Gasteiger partial charge is 0.461 e. The van der Waals surface area contributed by atoms with E-state index in [0.29, 0.717) is 29.7 Å². The lowest BCUT2D eigenvalue weighted by molar-refractivity contribution is -0.156. The van der Waals surface area contributed by atoms with Gasteiger partial charge in [0.15, 0.2) is 5.78 Å². The quantitative estimate of drug-likeness (QED) is 0.450. The zero-order chi connectivity index (χ0) is 26.5. The van der Waals surface area contributed by atoms with Crippen molar-refractivity contribution in [2.75, 3.05) is 6.61 Å². The number of cyclic esters (lactones) is 1. The van der Waals surface area contributed by atoms with Crippen LogP contribution >= 0.6 is 0 Å². The van der Waals surface area contributed by atoms with Gasteiger partial charge in [0, 0.05) is 13.3 Å². The first kappa shape index (κ1) is 25.3. The molecular formula is C30H40O7. The Bertz CT molecular complexity index is 1110. The fraction of sp³-hybridized carbons (Fsp3) is 0.767. The summed E-state index contributed by atoms with van der Waals surface area (Å²) >= 11 is 0. The summed E-state index contributed by atoms with van der Waals surface area (Å²) in [6.07, 6.45) is 8.05. The van der Waals surface area contributed by atoms with E-state index >= 15 is 0 Å². The van der Waals surface area contributed by atoms with Crippen molar-refractivity contribution in [3.8, 4) is 0 Å². The molecule has 7 heteroatoms. The first-order valence-corrected chi connectivity index (χ1v) is 14.1. The lowest BCUT2D eigenvalue weighted by Crippen LogP contribution is -2.63. The number of aliphatic hydroxyl groups excluding tert-OH is 1. The zero-order valence-electron chi connectivity index (χ0n) is 22.6. The van der Waals surface area contributed by atoms with Gasteiger partial charge in [-0.1, -0.05) is 19.4 Å². The van der Waals surface area contributed by atoms with Crippen molar-refractivity contribution >= 4 is 17.7 Å². The fourth-order valence-corrected chi connectivity index (χ4v) is 9.85. The summed E-state index contributed by atoms with van der Waals surface area (Å²) in [5.74, 6) is 1.07. The molecule has 0 bridgehead atoms. The van der Waals surface area contributed by atoms with E-state index in [0.717, 1.165) is 37.7 Å². The van der Waals surface area contributed by atoms with Gasteiger partial charge in [-0.15, -0.1) is 0 Å². The zero-order valence-corrected chi connectivity index (χ0v) is 22.6. The number of aliphatic hydroxyl groups is 1. The Morgan fingerprint density at radius 1 is 1.22 bits per heavy atom. The molecular weight excluding hydrogens is 472 g/mol. The van der Waals surface area contributed by atoms with Gasteiger partial charge in [-0.3, -0.25) is 9.59 Å². The Morgan fingerprint density at radius 2 is 1.97 bits per heavy atom. The molecule has 2 aliphatic heterocycles. The summed E-state index contributed by atoms with van der Waals surface area (Å²) in [4.78, 5) is 37.4. The average molecular weight is 513 g/mol. The van der Waals surface area contributed by atoms with E-state index in [1.54, 1.807) is 12.2 Å². The van der Waals surface area contributed by atoms with Crippen LogP contribution < -0.4 is 0 Å². The summed E-state index contributed by atoms with van der Waals surface area (Å²) in [5.41, 5.74) is 0.121. The first-order valence-electron chi connectivity index (χ1n) is 14.1. The molecule has 0 amide bonds. The molecule has 1 spiro atoms. The number of esters is 2. The molecule has 202 valence electrons. The number of ketones is 1. The molecule has 1 saturated heterocycles. The van der Waals surface area contributed by atoms with Crippen LogP contribution in [0, 0.1) is 40.4 Å². The number of hydrogen-bond acceptors (Lipinski definition) is 7. The van der Waals surface area contributed by atoms with Crippen molar-refractivity contribution in [3.05, 3.63) is 23.3 Å². The van der Waals surface area contributed by atoms with Crippen LogP contribution in [0.15, 0.2) is 23.3 Å². The Labute approximate surface area is 219 Å². The van der Waals surface area contributed by atoms with Crippen molar-refractivity contribution in [2.45, 2.75) is 97.1 Å². The lowest BCUT2D eigenvalue weighted by atomic mass is 9.44. The summed E-state index contributed by atoms with van der Waals surface area (Å²) in [6.45, 7) is 9.97.